The molecule has 0 spiro atoms. The van der Waals surface area contributed by atoms with E-state index in [2.05, 4.69) is 53.3 Å². The molecule has 3 rings (SSSR count). The molecule has 1 aliphatic heterocycles. The van der Waals surface area contributed by atoms with Gasteiger partial charge in [0.1, 0.15) is 0 Å². The van der Waals surface area contributed by atoms with E-state index in [9.17, 15) is 0 Å². The van der Waals surface area contributed by atoms with Gasteiger partial charge in [0.05, 0.1) is 5.69 Å². The molecular weight excluding hydrogens is 276 g/mol. The highest BCUT2D eigenvalue weighted by atomic mass is 32.1. The summed E-state index contributed by atoms with van der Waals surface area (Å²) in [6.07, 6.45) is 8.81. The van der Waals surface area contributed by atoms with E-state index in [1.807, 2.05) is 32.3 Å². The topological polar surface area (TPSA) is 25.2 Å². The van der Waals surface area contributed by atoms with Gasteiger partial charge < -0.3 is 0 Å². The third-order valence-electron chi connectivity index (χ3n) is 3.07. The number of hydrogen-bond acceptors (Lipinski definition) is 2. The Kier molecular flexibility index (Phi) is 6.89. The lowest BCUT2D eigenvalue weighted by Gasteiger charge is -2.05. The number of hydrogen-bond donors (Lipinski definition) is 0. The molecule has 110 valence electrons. The zero-order valence-corrected chi connectivity index (χ0v) is 13.8. The van der Waals surface area contributed by atoms with Crippen LogP contribution in [0.2, 0.25) is 0 Å². The summed E-state index contributed by atoms with van der Waals surface area (Å²) in [6.45, 7) is 6.05. The minimum atomic E-state index is 0. The van der Waals surface area contributed by atoms with Crippen LogP contribution in [0.1, 0.15) is 31.7 Å². The number of aryl methyl sites for hydroxylation is 1. The number of nitrogens with zero attached hydrogens (tertiary/aromatic N) is 2. The van der Waals surface area contributed by atoms with Crippen LogP contribution in [0, 0.1) is 6.92 Å². The third-order valence-corrected chi connectivity index (χ3v) is 3.07. The van der Waals surface area contributed by atoms with Crippen molar-refractivity contribution in [3.05, 3.63) is 59.6 Å². The van der Waals surface area contributed by atoms with Crippen LogP contribution in [-0.4, -0.2) is 11.2 Å². The van der Waals surface area contributed by atoms with Gasteiger partial charge in [-0.15, -0.1) is 0 Å². The molecule has 0 aliphatic carbocycles. The van der Waals surface area contributed by atoms with Crippen LogP contribution in [0.5, 0.6) is 0 Å². The zero-order chi connectivity index (χ0) is 14.4. The first-order chi connectivity index (χ1) is 9.83. The normalized spacial score (nSPS) is 14.5. The minimum Gasteiger partial charge on any atom is -0.265 e. The van der Waals surface area contributed by atoms with Gasteiger partial charge in [-0.05, 0) is 36.4 Å². The minimum absolute atomic E-state index is 0. The molecule has 0 fully saturated rings. The zero-order valence-electron chi connectivity index (χ0n) is 12.8. The number of allylic oxidation sites excluding steroid dienone is 2. The molecule has 3 heteroatoms. The fraction of sp³-hybridized carbons (Fsp3) is 0.222. The molecule has 0 N–H and O–H groups in total. The summed E-state index contributed by atoms with van der Waals surface area (Å²) in [5.41, 5.74) is 3.27. The van der Waals surface area contributed by atoms with E-state index in [-0.39, 0.29) is 13.5 Å². The van der Waals surface area contributed by atoms with Crippen molar-refractivity contribution in [3.8, 4) is 0 Å². The van der Waals surface area contributed by atoms with E-state index in [4.69, 9.17) is 0 Å². The van der Waals surface area contributed by atoms with Crippen molar-refractivity contribution in [1.82, 2.24) is 4.98 Å². The highest BCUT2D eigenvalue weighted by Crippen LogP contribution is 2.19. The van der Waals surface area contributed by atoms with E-state index >= 15 is 0 Å². The highest BCUT2D eigenvalue weighted by molar-refractivity contribution is 7.59. The number of aromatic nitrogens is 1. The summed E-state index contributed by atoms with van der Waals surface area (Å²) < 4.78 is 0. The molecule has 1 aliphatic rings. The van der Waals surface area contributed by atoms with Crippen LogP contribution in [-0.2, 0) is 0 Å². The van der Waals surface area contributed by atoms with Gasteiger partial charge in [-0.2, -0.15) is 13.5 Å². The Labute approximate surface area is 133 Å². The quantitative estimate of drug-likeness (QED) is 0.723. The maximum absolute atomic E-state index is 4.63. The van der Waals surface area contributed by atoms with E-state index in [1.165, 1.54) is 16.3 Å². The van der Waals surface area contributed by atoms with Crippen molar-refractivity contribution in [3.63, 3.8) is 0 Å². The molecule has 21 heavy (non-hydrogen) atoms. The first-order valence-corrected chi connectivity index (χ1v) is 7.08. The Morgan fingerprint density at radius 3 is 2.62 bits per heavy atom. The number of aliphatic imine (C=N–C) groups is 1. The van der Waals surface area contributed by atoms with Crippen LogP contribution in [0.15, 0.2) is 53.2 Å². The number of pyridine rings is 1. The summed E-state index contributed by atoms with van der Waals surface area (Å²) in [7, 11) is 0. The predicted molar refractivity (Wildman–Crippen MR) is 98.4 cm³/mol. The second-order valence-corrected chi connectivity index (χ2v) is 4.44. The van der Waals surface area contributed by atoms with Gasteiger partial charge in [-0.3, -0.25) is 9.98 Å². The van der Waals surface area contributed by atoms with E-state index in [0.29, 0.717) is 0 Å². The van der Waals surface area contributed by atoms with Crippen LogP contribution in [0.3, 0.4) is 0 Å². The Hall–Kier alpha value is -1.87. The van der Waals surface area contributed by atoms with Crippen LogP contribution in [0.25, 0.3) is 16.8 Å². The Morgan fingerprint density at radius 2 is 1.90 bits per heavy atom. The predicted octanol–water partition coefficient (Wildman–Crippen LogP) is 5.05. The fourth-order valence-electron chi connectivity index (χ4n) is 2.20. The molecule has 2 heterocycles. The lowest BCUT2D eigenvalue weighted by atomic mass is 10.1. The van der Waals surface area contributed by atoms with Gasteiger partial charge in [0.15, 0.2) is 0 Å². The van der Waals surface area contributed by atoms with E-state index < -0.39 is 0 Å². The van der Waals surface area contributed by atoms with Crippen LogP contribution in [0.4, 0.5) is 0 Å². The van der Waals surface area contributed by atoms with Crippen LogP contribution < -0.4 is 0 Å². The standard InChI is InChI=1S/C16H14N2.C2H6.H2S/c1-12-16-7-3-2-6-14(16)10-15(18-12)9-13-5-4-8-17-11-13;1-2;/h2-4,6-11H,5H2,1H3;1-2H3;1H2/b13-9+;;. The molecular formula is C18H22N2S. The molecule has 0 saturated carbocycles. The van der Waals surface area contributed by atoms with Crippen molar-refractivity contribution in [1.29, 1.82) is 0 Å². The van der Waals surface area contributed by atoms with E-state index in [1.54, 1.807) is 0 Å². The SMILES string of the molecule is CC.Cc1nc(/C=C2/C=NC=CC2)cc2ccccc12.S. The number of fused-ring (bicyclic) bond motifs is 1. The molecule has 0 bridgehead atoms. The van der Waals surface area contributed by atoms with Crippen molar-refractivity contribution < 1.29 is 0 Å². The molecule has 2 aromatic rings. The van der Waals surface area contributed by atoms with Gasteiger partial charge in [-0.25, -0.2) is 0 Å². The maximum Gasteiger partial charge on any atom is 0.0642 e. The fourth-order valence-corrected chi connectivity index (χ4v) is 2.20. The van der Waals surface area contributed by atoms with Gasteiger partial charge in [0.25, 0.3) is 0 Å². The average Bonchev–Trinajstić information content (AvgIpc) is 2.50. The number of benzene rings is 1. The molecule has 0 radical (unpaired) electrons. The van der Waals surface area contributed by atoms with Crippen molar-refractivity contribution in [2.75, 3.05) is 0 Å². The van der Waals surface area contributed by atoms with Crippen molar-refractivity contribution in [2.45, 2.75) is 27.2 Å². The molecule has 0 atom stereocenters. The van der Waals surface area contributed by atoms with Gasteiger partial charge in [0.2, 0.25) is 0 Å². The smallest absolute Gasteiger partial charge is 0.0642 e. The second kappa shape index (κ2) is 8.42. The monoisotopic (exact) mass is 298 g/mol. The summed E-state index contributed by atoms with van der Waals surface area (Å²) in [5.74, 6) is 0. The lowest BCUT2D eigenvalue weighted by Crippen LogP contribution is -1.92. The molecule has 2 nitrogen and oxygen atoms in total. The molecule has 1 aromatic carbocycles. The first kappa shape index (κ1) is 17.2. The van der Waals surface area contributed by atoms with Crippen molar-refractivity contribution in [2.24, 2.45) is 4.99 Å². The van der Waals surface area contributed by atoms with E-state index in [0.717, 1.165) is 17.8 Å². The number of rotatable bonds is 1. The maximum atomic E-state index is 4.63. The highest BCUT2D eigenvalue weighted by Gasteiger charge is 2.02. The molecule has 0 saturated heterocycles. The molecule has 0 amide bonds. The average molecular weight is 298 g/mol. The van der Waals surface area contributed by atoms with Gasteiger partial charge in [0, 0.05) is 23.5 Å². The third kappa shape index (κ3) is 4.30. The Balaban J connectivity index is 0.000000706. The summed E-state index contributed by atoms with van der Waals surface area (Å²) in [6, 6.07) is 10.5. The summed E-state index contributed by atoms with van der Waals surface area (Å²) in [5, 5.41) is 2.46. The van der Waals surface area contributed by atoms with Crippen LogP contribution >= 0.6 is 13.5 Å². The second-order valence-electron chi connectivity index (χ2n) is 4.44. The first-order valence-electron chi connectivity index (χ1n) is 7.08. The van der Waals surface area contributed by atoms with Gasteiger partial charge in [-0.1, -0.05) is 44.2 Å². The Bertz CT molecular complexity index is 685. The van der Waals surface area contributed by atoms with Crippen molar-refractivity contribution >= 4 is 36.6 Å². The summed E-state index contributed by atoms with van der Waals surface area (Å²) >= 11 is 0. The lowest BCUT2D eigenvalue weighted by molar-refractivity contribution is 1.20. The Morgan fingerprint density at radius 1 is 1.14 bits per heavy atom. The van der Waals surface area contributed by atoms with Gasteiger partial charge >= 0.3 is 0 Å². The molecule has 1 aromatic heterocycles. The molecule has 0 unspecified atom stereocenters. The summed E-state index contributed by atoms with van der Waals surface area (Å²) in [4.78, 5) is 8.77. The largest absolute Gasteiger partial charge is 0.265 e.